The highest BCUT2D eigenvalue weighted by molar-refractivity contribution is 6.35. The van der Waals surface area contributed by atoms with Gasteiger partial charge >= 0.3 is 0 Å². The lowest BCUT2D eigenvalue weighted by molar-refractivity contribution is -0.125. The lowest BCUT2D eigenvalue weighted by Gasteiger charge is -2.26. The Bertz CT molecular complexity index is 1180. The summed E-state index contributed by atoms with van der Waals surface area (Å²) in [4.78, 5) is 12.7. The van der Waals surface area contributed by atoms with Gasteiger partial charge in [-0.25, -0.2) is 9.69 Å². The number of amides is 1. The van der Waals surface area contributed by atoms with Crippen LogP contribution in [-0.2, 0) is 11.2 Å². The monoisotopic (exact) mass is 487 g/mol. The van der Waals surface area contributed by atoms with Gasteiger partial charge in [0.2, 0.25) is 5.91 Å². The summed E-state index contributed by atoms with van der Waals surface area (Å²) in [5, 5.41) is 18.0. The van der Waals surface area contributed by atoms with Crippen LogP contribution in [0, 0.1) is 11.3 Å². The van der Waals surface area contributed by atoms with Crippen molar-refractivity contribution in [1.82, 2.24) is 20.2 Å². The van der Waals surface area contributed by atoms with E-state index >= 15 is 0 Å². The first kappa shape index (κ1) is 22.6. The van der Waals surface area contributed by atoms with E-state index in [0.717, 1.165) is 31.5 Å². The van der Waals surface area contributed by atoms with Crippen LogP contribution >= 0.6 is 34.8 Å². The average Bonchev–Trinajstić information content (AvgIpc) is 3.12. The maximum Gasteiger partial charge on any atom is 0.240 e. The van der Waals surface area contributed by atoms with Crippen LogP contribution in [0.5, 0.6) is 0 Å². The summed E-state index contributed by atoms with van der Waals surface area (Å²) in [7, 11) is 0. The zero-order chi connectivity index (χ0) is 22.7. The molecule has 1 aliphatic heterocycles. The van der Waals surface area contributed by atoms with E-state index in [2.05, 4.69) is 16.6 Å². The zero-order valence-corrected chi connectivity index (χ0v) is 19.4. The first-order valence-electron chi connectivity index (χ1n) is 10.2. The van der Waals surface area contributed by atoms with Gasteiger partial charge in [-0.2, -0.15) is 10.4 Å². The number of nitrogens with one attached hydrogen (secondary N) is 1. The number of nitriles is 1. The predicted octanol–water partition coefficient (Wildman–Crippen LogP) is 5.43. The Morgan fingerprint density at radius 2 is 1.72 bits per heavy atom. The molecule has 32 heavy (non-hydrogen) atoms. The summed E-state index contributed by atoms with van der Waals surface area (Å²) in [5.41, 5.74) is 5.43. The van der Waals surface area contributed by atoms with Crippen molar-refractivity contribution in [1.29, 1.82) is 5.26 Å². The number of nitrogens with zero attached hydrogens (tertiary/aromatic N) is 4. The minimum atomic E-state index is -0.210. The SMILES string of the molecule is N#Cc1c(CC(=O)NN2CCCCC2)nn(-c2ccc(Cl)cc2Cl)c1-c1ccc(Cl)cc1. The third-order valence-corrected chi connectivity index (χ3v) is 6.08. The summed E-state index contributed by atoms with van der Waals surface area (Å²) < 4.78 is 1.59. The second-order valence-corrected chi connectivity index (χ2v) is 8.84. The minimum Gasteiger partial charge on any atom is -0.289 e. The Balaban J connectivity index is 1.76. The molecule has 3 aromatic rings. The van der Waals surface area contributed by atoms with Crippen molar-refractivity contribution >= 4 is 40.7 Å². The minimum absolute atomic E-state index is 0.0296. The van der Waals surface area contributed by atoms with Crippen molar-refractivity contribution in [2.24, 2.45) is 0 Å². The molecule has 1 aromatic heterocycles. The molecule has 1 amide bonds. The summed E-state index contributed by atoms with van der Waals surface area (Å²) >= 11 is 18.6. The first-order valence-corrected chi connectivity index (χ1v) is 11.4. The van der Waals surface area contributed by atoms with Gasteiger partial charge in [0.15, 0.2) is 0 Å². The summed E-state index contributed by atoms with van der Waals surface area (Å²) in [6.45, 7) is 1.64. The fourth-order valence-electron chi connectivity index (χ4n) is 3.78. The molecule has 4 rings (SSSR count). The van der Waals surface area contributed by atoms with Gasteiger partial charge in [-0.3, -0.25) is 10.2 Å². The maximum absolute atomic E-state index is 12.7. The van der Waals surface area contributed by atoms with Crippen LogP contribution in [0.25, 0.3) is 16.9 Å². The number of hydrogen-bond acceptors (Lipinski definition) is 4. The number of carbonyl (C=O) groups is 1. The van der Waals surface area contributed by atoms with Crippen LogP contribution in [0.1, 0.15) is 30.5 Å². The van der Waals surface area contributed by atoms with Gasteiger partial charge in [-0.1, -0.05) is 53.4 Å². The van der Waals surface area contributed by atoms with Crippen molar-refractivity contribution in [2.75, 3.05) is 13.1 Å². The van der Waals surface area contributed by atoms with Crippen LogP contribution in [-0.4, -0.2) is 33.8 Å². The van der Waals surface area contributed by atoms with E-state index < -0.39 is 0 Å². The number of carbonyl (C=O) groups excluding carboxylic acids is 1. The molecule has 9 heteroatoms. The number of rotatable bonds is 5. The van der Waals surface area contributed by atoms with Crippen LogP contribution in [0.4, 0.5) is 0 Å². The van der Waals surface area contributed by atoms with Crippen LogP contribution in [0.3, 0.4) is 0 Å². The van der Waals surface area contributed by atoms with Crippen molar-refractivity contribution in [2.45, 2.75) is 25.7 Å². The molecule has 1 aliphatic rings. The van der Waals surface area contributed by atoms with Gasteiger partial charge in [0, 0.05) is 28.7 Å². The van der Waals surface area contributed by atoms with Crippen molar-refractivity contribution in [3.8, 4) is 23.0 Å². The molecule has 2 heterocycles. The van der Waals surface area contributed by atoms with Crippen molar-refractivity contribution in [3.05, 3.63) is 68.8 Å². The zero-order valence-electron chi connectivity index (χ0n) is 17.1. The molecular formula is C23H20Cl3N5O. The van der Waals surface area contributed by atoms with E-state index in [4.69, 9.17) is 34.8 Å². The van der Waals surface area contributed by atoms with Crippen LogP contribution < -0.4 is 5.43 Å². The normalized spacial score (nSPS) is 14.2. The Hall–Kier alpha value is -2.56. The highest BCUT2D eigenvalue weighted by atomic mass is 35.5. The first-order chi connectivity index (χ1) is 15.5. The molecular weight excluding hydrogens is 469 g/mol. The van der Waals surface area contributed by atoms with E-state index in [9.17, 15) is 10.1 Å². The molecule has 0 unspecified atom stereocenters. The third kappa shape index (κ3) is 4.92. The highest BCUT2D eigenvalue weighted by Gasteiger charge is 2.24. The molecule has 1 N–H and O–H groups in total. The lowest BCUT2D eigenvalue weighted by Crippen LogP contribution is -2.45. The number of aromatic nitrogens is 2. The third-order valence-electron chi connectivity index (χ3n) is 5.29. The van der Waals surface area contributed by atoms with Crippen LogP contribution in [0.2, 0.25) is 15.1 Å². The second-order valence-electron chi connectivity index (χ2n) is 7.56. The standard InChI is InChI=1S/C23H20Cl3N5O/c24-16-6-4-15(5-7-16)23-18(14-27)20(13-22(32)29-30-10-2-1-3-11-30)28-31(23)21-9-8-17(25)12-19(21)26/h4-9,12H,1-3,10-11,13H2,(H,29,32). The molecule has 164 valence electrons. The van der Waals surface area contributed by atoms with Gasteiger partial charge in [0.1, 0.15) is 11.6 Å². The van der Waals surface area contributed by atoms with Gasteiger partial charge in [0.25, 0.3) is 0 Å². The fourth-order valence-corrected chi connectivity index (χ4v) is 4.39. The van der Waals surface area contributed by atoms with Gasteiger partial charge < -0.3 is 0 Å². The maximum atomic E-state index is 12.7. The van der Waals surface area contributed by atoms with Crippen molar-refractivity contribution < 1.29 is 4.79 Å². The van der Waals surface area contributed by atoms with E-state index in [-0.39, 0.29) is 12.3 Å². The van der Waals surface area contributed by atoms with E-state index in [0.29, 0.717) is 37.7 Å². The summed E-state index contributed by atoms with van der Waals surface area (Å²) in [5.74, 6) is -0.210. The van der Waals surface area contributed by atoms with Crippen LogP contribution in [0.15, 0.2) is 42.5 Å². The lowest BCUT2D eigenvalue weighted by atomic mass is 10.0. The second kappa shape index (κ2) is 9.93. The molecule has 2 aromatic carbocycles. The number of piperidine rings is 1. The van der Waals surface area contributed by atoms with Gasteiger partial charge in [0.05, 0.1) is 28.5 Å². The number of halogens is 3. The van der Waals surface area contributed by atoms with Gasteiger partial charge in [-0.05, 0) is 43.2 Å². The molecule has 6 nitrogen and oxygen atoms in total. The average molecular weight is 489 g/mol. The summed E-state index contributed by atoms with van der Waals surface area (Å²) in [6.07, 6.45) is 3.24. The van der Waals surface area contributed by atoms with Crippen molar-refractivity contribution in [3.63, 3.8) is 0 Å². The smallest absolute Gasteiger partial charge is 0.240 e. The largest absolute Gasteiger partial charge is 0.289 e. The molecule has 0 bridgehead atoms. The van der Waals surface area contributed by atoms with E-state index in [1.54, 1.807) is 47.1 Å². The Kier molecular flexibility index (Phi) is 7.02. The van der Waals surface area contributed by atoms with E-state index in [1.807, 2.05) is 5.01 Å². The molecule has 1 fully saturated rings. The van der Waals surface area contributed by atoms with Gasteiger partial charge in [-0.15, -0.1) is 0 Å². The quantitative estimate of drug-likeness (QED) is 0.519. The highest BCUT2D eigenvalue weighted by Crippen LogP contribution is 2.33. The molecule has 0 saturated carbocycles. The number of hydrogen-bond donors (Lipinski definition) is 1. The molecule has 0 radical (unpaired) electrons. The Morgan fingerprint density at radius 3 is 2.38 bits per heavy atom. The molecule has 0 aliphatic carbocycles. The Labute approximate surface area is 201 Å². The molecule has 1 saturated heterocycles. The molecule has 0 atom stereocenters. The predicted molar refractivity (Wildman–Crippen MR) is 126 cm³/mol. The number of hydrazine groups is 1. The summed E-state index contributed by atoms with van der Waals surface area (Å²) in [6, 6.07) is 14.4. The Morgan fingerprint density at radius 1 is 1.03 bits per heavy atom. The topological polar surface area (TPSA) is 74.0 Å². The number of benzene rings is 2. The molecule has 0 spiro atoms. The van der Waals surface area contributed by atoms with E-state index in [1.165, 1.54) is 6.42 Å². The fraction of sp³-hybridized carbons (Fsp3) is 0.261.